The van der Waals surface area contributed by atoms with Crippen LogP contribution in [0, 0.1) is 0 Å². The molecule has 0 bridgehead atoms. The highest BCUT2D eigenvalue weighted by molar-refractivity contribution is 6.05. The molecule has 0 radical (unpaired) electrons. The van der Waals surface area contributed by atoms with Crippen LogP contribution in [-0.4, -0.2) is 0 Å². The first-order chi connectivity index (χ1) is 14.6. The predicted molar refractivity (Wildman–Crippen MR) is 126 cm³/mol. The van der Waals surface area contributed by atoms with Crippen LogP contribution in [0.2, 0.25) is 0 Å². The number of benzene rings is 3. The zero-order valence-electron chi connectivity index (χ0n) is 17.2. The first-order valence-corrected chi connectivity index (χ1v) is 10.5. The van der Waals surface area contributed by atoms with E-state index < -0.39 is 0 Å². The van der Waals surface area contributed by atoms with Gasteiger partial charge in [0, 0.05) is 33.6 Å². The van der Waals surface area contributed by atoms with Crippen molar-refractivity contribution in [3.63, 3.8) is 0 Å². The minimum absolute atomic E-state index is 0.0318. The fourth-order valence-corrected chi connectivity index (χ4v) is 4.98. The van der Waals surface area contributed by atoms with Crippen molar-refractivity contribution < 1.29 is 4.42 Å². The Morgan fingerprint density at radius 3 is 2.57 bits per heavy atom. The molecule has 4 aromatic rings. The summed E-state index contributed by atoms with van der Waals surface area (Å²) in [5.74, 6) is 0. The van der Waals surface area contributed by atoms with Gasteiger partial charge in [-0.25, -0.2) is 0 Å². The van der Waals surface area contributed by atoms with Gasteiger partial charge in [0.05, 0.1) is 0 Å². The molecule has 1 aromatic heterocycles. The highest BCUT2D eigenvalue weighted by atomic mass is 16.3. The molecule has 0 saturated carbocycles. The molecule has 1 N–H and O–H groups in total. The van der Waals surface area contributed by atoms with Crippen LogP contribution in [0.25, 0.3) is 27.5 Å². The molecule has 0 spiro atoms. The minimum atomic E-state index is 0.0318. The summed E-state index contributed by atoms with van der Waals surface area (Å²) in [4.78, 5) is 0. The van der Waals surface area contributed by atoms with Gasteiger partial charge in [-0.05, 0) is 59.0 Å². The van der Waals surface area contributed by atoms with Crippen molar-refractivity contribution in [3.05, 3.63) is 102 Å². The average molecular weight is 389 g/mol. The number of allylic oxidation sites excluding steroid dienone is 6. The second-order valence-corrected chi connectivity index (χ2v) is 8.70. The van der Waals surface area contributed by atoms with Crippen LogP contribution in [0.3, 0.4) is 0 Å². The van der Waals surface area contributed by atoms with Crippen LogP contribution in [0.15, 0.2) is 95.0 Å². The van der Waals surface area contributed by atoms with E-state index in [1.165, 1.54) is 22.3 Å². The molecule has 0 amide bonds. The first-order valence-electron chi connectivity index (χ1n) is 10.5. The molecule has 3 aromatic carbocycles. The maximum absolute atomic E-state index is 6.05. The highest BCUT2D eigenvalue weighted by Crippen LogP contribution is 2.49. The van der Waals surface area contributed by atoms with Crippen LogP contribution in [0.4, 0.5) is 11.4 Å². The number of anilines is 2. The molecule has 6 rings (SSSR count). The van der Waals surface area contributed by atoms with Crippen LogP contribution >= 0.6 is 0 Å². The maximum Gasteiger partial charge on any atom is 0.137 e. The van der Waals surface area contributed by atoms with E-state index in [-0.39, 0.29) is 5.41 Å². The number of nitrogens with one attached hydrogen (secondary N) is 1. The molecule has 0 fully saturated rings. The van der Waals surface area contributed by atoms with Gasteiger partial charge < -0.3 is 9.73 Å². The second-order valence-electron chi connectivity index (χ2n) is 8.70. The normalized spacial score (nSPS) is 16.7. The van der Waals surface area contributed by atoms with Gasteiger partial charge in [-0.2, -0.15) is 0 Å². The Hall–Kier alpha value is -3.52. The van der Waals surface area contributed by atoms with Gasteiger partial charge >= 0.3 is 0 Å². The lowest BCUT2D eigenvalue weighted by molar-refractivity contribution is 0.626. The van der Waals surface area contributed by atoms with Crippen LogP contribution in [0.1, 0.15) is 31.4 Å². The topological polar surface area (TPSA) is 25.2 Å². The van der Waals surface area contributed by atoms with Crippen LogP contribution < -0.4 is 5.32 Å². The van der Waals surface area contributed by atoms with Crippen molar-refractivity contribution in [1.29, 1.82) is 0 Å². The summed E-state index contributed by atoms with van der Waals surface area (Å²) >= 11 is 0. The predicted octanol–water partition coefficient (Wildman–Crippen LogP) is 7.89. The Bertz CT molecular complexity index is 1410. The molecular weight excluding hydrogens is 366 g/mol. The van der Waals surface area contributed by atoms with E-state index in [1.54, 1.807) is 0 Å². The van der Waals surface area contributed by atoms with E-state index in [4.69, 9.17) is 4.42 Å². The lowest BCUT2D eigenvalue weighted by Crippen LogP contribution is -2.17. The number of furan rings is 1. The number of rotatable bonds is 2. The summed E-state index contributed by atoms with van der Waals surface area (Å²) in [7, 11) is 0. The Kier molecular flexibility index (Phi) is 3.61. The molecule has 146 valence electrons. The van der Waals surface area contributed by atoms with E-state index in [0.717, 1.165) is 39.7 Å². The summed E-state index contributed by atoms with van der Waals surface area (Å²) in [5, 5.41) is 5.90. The summed E-state index contributed by atoms with van der Waals surface area (Å²) in [6, 6.07) is 21.3. The van der Waals surface area contributed by atoms with Crippen LogP contribution in [0.5, 0.6) is 0 Å². The van der Waals surface area contributed by atoms with Gasteiger partial charge in [0.1, 0.15) is 11.2 Å². The SMILES string of the molecule is CC1(C)C2=C(C=CC=CC2)c2ccc(Nc3ccc4c(c3)oc3ccccc34)cc21. The van der Waals surface area contributed by atoms with Gasteiger partial charge in [-0.15, -0.1) is 0 Å². The Morgan fingerprint density at radius 2 is 1.63 bits per heavy atom. The van der Waals surface area contributed by atoms with Crippen molar-refractivity contribution in [1.82, 2.24) is 0 Å². The quantitative estimate of drug-likeness (QED) is 0.377. The molecule has 1 heterocycles. The van der Waals surface area contributed by atoms with E-state index in [2.05, 4.69) is 92.0 Å². The van der Waals surface area contributed by atoms with Gasteiger partial charge in [-0.3, -0.25) is 0 Å². The van der Waals surface area contributed by atoms with E-state index in [9.17, 15) is 0 Å². The zero-order valence-corrected chi connectivity index (χ0v) is 17.2. The summed E-state index contributed by atoms with van der Waals surface area (Å²) in [6.07, 6.45) is 9.83. The van der Waals surface area contributed by atoms with Crippen molar-refractivity contribution >= 4 is 38.9 Å². The maximum atomic E-state index is 6.05. The molecule has 2 aliphatic rings. The molecule has 2 nitrogen and oxygen atoms in total. The summed E-state index contributed by atoms with van der Waals surface area (Å²) in [5.41, 5.74) is 9.65. The largest absolute Gasteiger partial charge is 0.456 e. The van der Waals surface area contributed by atoms with E-state index in [1.807, 2.05) is 12.1 Å². The number of hydrogen-bond acceptors (Lipinski definition) is 2. The molecule has 0 unspecified atom stereocenters. The molecule has 0 aliphatic heterocycles. The highest BCUT2D eigenvalue weighted by Gasteiger charge is 2.36. The number of hydrogen-bond donors (Lipinski definition) is 1. The monoisotopic (exact) mass is 389 g/mol. The van der Waals surface area contributed by atoms with Crippen molar-refractivity contribution in [3.8, 4) is 0 Å². The van der Waals surface area contributed by atoms with Gasteiger partial charge in [-0.1, -0.05) is 62.4 Å². The number of para-hydroxylation sites is 1. The lowest BCUT2D eigenvalue weighted by atomic mass is 9.80. The molecule has 0 saturated heterocycles. The fraction of sp³-hybridized carbons (Fsp3) is 0.143. The second kappa shape index (κ2) is 6.24. The van der Waals surface area contributed by atoms with Crippen molar-refractivity contribution in [2.24, 2.45) is 0 Å². The lowest BCUT2D eigenvalue weighted by Gasteiger charge is -2.24. The Balaban J connectivity index is 1.38. The van der Waals surface area contributed by atoms with Crippen LogP contribution in [-0.2, 0) is 5.41 Å². The first kappa shape index (κ1) is 17.3. The van der Waals surface area contributed by atoms with Gasteiger partial charge in [0.2, 0.25) is 0 Å². The van der Waals surface area contributed by atoms with Crippen molar-refractivity contribution in [2.45, 2.75) is 25.7 Å². The smallest absolute Gasteiger partial charge is 0.137 e. The molecule has 30 heavy (non-hydrogen) atoms. The molecule has 0 atom stereocenters. The third kappa shape index (κ3) is 2.50. The third-order valence-electron chi connectivity index (χ3n) is 6.56. The van der Waals surface area contributed by atoms with Gasteiger partial charge in [0.25, 0.3) is 0 Å². The average Bonchev–Trinajstić information content (AvgIpc) is 3.05. The molecular formula is C28H23NO. The third-order valence-corrected chi connectivity index (χ3v) is 6.56. The molecule has 2 heteroatoms. The summed E-state index contributed by atoms with van der Waals surface area (Å²) < 4.78 is 6.05. The zero-order chi connectivity index (χ0) is 20.3. The standard InChI is InChI=1S/C28H23NO/c1-28(2)24-10-5-3-4-8-20(24)21-14-12-18(16-25(21)28)29-19-13-15-23-22-9-6-7-11-26(22)30-27(23)17-19/h3-9,11-17,29H,10H2,1-2H3. The molecule has 2 aliphatic carbocycles. The minimum Gasteiger partial charge on any atom is -0.456 e. The van der Waals surface area contributed by atoms with E-state index >= 15 is 0 Å². The Labute approximate surface area is 176 Å². The fourth-order valence-electron chi connectivity index (χ4n) is 4.98. The Morgan fingerprint density at radius 1 is 0.833 bits per heavy atom. The van der Waals surface area contributed by atoms with Gasteiger partial charge in [0.15, 0.2) is 0 Å². The van der Waals surface area contributed by atoms with E-state index in [0.29, 0.717) is 0 Å². The summed E-state index contributed by atoms with van der Waals surface area (Å²) in [6.45, 7) is 4.68. The number of fused-ring (bicyclic) bond motifs is 5. The van der Waals surface area contributed by atoms with Crippen molar-refractivity contribution in [2.75, 3.05) is 5.32 Å².